The summed E-state index contributed by atoms with van der Waals surface area (Å²) in [6.45, 7) is -8.89. The minimum Gasteiger partial charge on any atom is -0.493 e. The maximum atomic E-state index is 14.2. The minimum absolute atomic E-state index is 0.00624. The second-order valence-corrected chi connectivity index (χ2v) is 5.00. The van der Waals surface area contributed by atoms with Gasteiger partial charge in [-0.15, -0.1) is 0 Å². The molecule has 0 saturated carbocycles. The number of hydrogen-bond acceptors (Lipinski definition) is 4. The van der Waals surface area contributed by atoms with Crippen molar-refractivity contribution >= 4 is 0 Å². The SMILES string of the molecule is [2H]c1c([2H])c([C@H]2C(C([2H])([2H])Oc3ccc4c(c3)OC([2H])([2H])O4)C([2H])([2H])NCC2([2H])[2H])c([2H])c([2H])c1F. The molecular weight excluding hydrogens is 309 g/mol. The molecule has 4 rings (SSSR count). The molecule has 2 aromatic rings. The van der Waals surface area contributed by atoms with Crippen LogP contribution >= 0.6 is 0 Å². The van der Waals surface area contributed by atoms with Gasteiger partial charge in [0.1, 0.15) is 14.3 Å². The molecule has 1 N–H and O–H groups in total. The maximum absolute atomic E-state index is 14.2. The summed E-state index contributed by atoms with van der Waals surface area (Å²) in [5.41, 5.74) is -0.682. The number of halogens is 1. The number of rotatable bonds is 4. The van der Waals surface area contributed by atoms with Crippen molar-refractivity contribution in [2.45, 2.75) is 12.3 Å². The van der Waals surface area contributed by atoms with Crippen molar-refractivity contribution in [1.29, 1.82) is 0 Å². The molecule has 2 heterocycles. The second kappa shape index (κ2) is 6.69. The lowest BCUT2D eigenvalue weighted by atomic mass is 9.81. The Morgan fingerprint density at radius 2 is 2.12 bits per heavy atom. The molecule has 0 spiro atoms. The Morgan fingerprint density at radius 1 is 1.29 bits per heavy atom. The molecule has 2 aromatic carbocycles. The molecule has 0 aromatic heterocycles. The summed E-state index contributed by atoms with van der Waals surface area (Å²) in [5.74, 6) is -5.89. The second-order valence-electron chi connectivity index (χ2n) is 5.00. The third-order valence-corrected chi connectivity index (χ3v) is 3.45. The van der Waals surface area contributed by atoms with Crippen LogP contribution in [0.2, 0.25) is 0 Å². The molecule has 126 valence electrons. The van der Waals surface area contributed by atoms with Gasteiger partial charge >= 0.3 is 0 Å². The lowest BCUT2D eigenvalue weighted by Gasteiger charge is -2.32. The molecule has 1 saturated heterocycles. The Kier molecular flexibility index (Phi) is 1.93. The molecule has 2 aliphatic heterocycles. The first kappa shape index (κ1) is 6.92. The zero-order valence-corrected chi connectivity index (χ0v) is 12.2. The highest BCUT2D eigenvalue weighted by molar-refractivity contribution is 5.46. The molecule has 5 heteroatoms. The van der Waals surface area contributed by atoms with Crippen molar-refractivity contribution in [2.75, 3.05) is 26.3 Å². The monoisotopic (exact) mass is 341 g/mol. The molecule has 0 radical (unpaired) electrons. The Hall–Kier alpha value is -2.27. The Bertz CT molecular complexity index is 1200. The van der Waals surface area contributed by atoms with E-state index < -0.39 is 80.1 Å². The van der Waals surface area contributed by atoms with Crippen molar-refractivity contribution in [3.63, 3.8) is 0 Å². The van der Waals surface area contributed by atoms with Crippen LogP contribution in [0, 0.1) is 11.7 Å². The predicted octanol–water partition coefficient (Wildman–Crippen LogP) is 3.33. The van der Waals surface area contributed by atoms with Crippen LogP contribution in [0.25, 0.3) is 0 Å². The number of ether oxygens (including phenoxy) is 3. The molecule has 0 aliphatic carbocycles. The third-order valence-electron chi connectivity index (χ3n) is 3.45. The lowest BCUT2D eigenvalue weighted by molar-refractivity contribution is 0.173. The Labute approximate surface area is 157 Å². The predicted molar refractivity (Wildman–Crippen MR) is 88.2 cm³/mol. The van der Waals surface area contributed by atoms with E-state index in [1.807, 2.05) is 0 Å². The number of nitrogens with one attached hydrogen (secondary N) is 1. The lowest BCUT2D eigenvalue weighted by Crippen LogP contribution is -2.38. The van der Waals surface area contributed by atoms with Gasteiger partial charge in [0, 0.05) is 24.0 Å². The highest BCUT2D eigenvalue weighted by Gasteiger charge is 2.27. The number of fused-ring (bicyclic) bond motifs is 1. The average Bonchev–Trinajstić information content (AvgIpc) is 3.06. The molecular formula is C19H20FNO3. The summed E-state index contributed by atoms with van der Waals surface area (Å²) >= 11 is 0. The molecule has 2 aliphatic rings. The fourth-order valence-electron chi connectivity index (χ4n) is 2.31. The number of benzene rings is 2. The highest BCUT2D eigenvalue weighted by atomic mass is 19.1. The van der Waals surface area contributed by atoms with E-state index >= 15 is 0 Å². The molecule has 1 fully saturated rings. The summed E-state index contributed by atoms with van der Waals surface area (Å²) in [5, 5.41) is 2.28. The quantitative estimate of drug-likeness (QED) is 0.926. The van der Waals surface area contributed by atoms with E-state index in [1.165, 1.54) is 12.1 Å². The van der Waals surface area contributed by atoms with Crippen LogP contribution in [-0.4, -0.2) is 26.3 Å². The van der Waals surface area contributed by atoms with Gasteiger partial charge in [-0.05, 0) is 48.6 Å². The topological polar surface area (TPSA) is 39.7 Å². The summed E-state index contributed by atoms with van der Waals surface area (Å²) in [6.07, 6.45) is -2.51. The third kappa shape index (κ3) is 3.17. The molecule has 2 atom stereocenters. The highest BCUT2D eigenvalue weighted by Crippen LogP contribution is 2.36. The molecule has 4 nitrogen and oxygen atoms in total. The molecule has 24 heavy (non-hydrogen) atoms. The molecule has 1 unspecified atom stereocenters. The van der Waals surface area contributed by atoms with E-state index in [2.05, 4.69) is 5.32 Å². The van der Waals surface area contributed by atoms with Crippen molar-refractivity contribution in [1.82, 2.24) is 5.32 Å². The van der Waals surface area contributed by atoms with Crippen molar-refractivity contribution in [3.8, 4) is 17.2 Å². The van der Waals surface area contributed by atoms with Crippen LogP contribution in [0.5, 0.6) is 17.2 Å². The standard InChI is InChI=1S/C19H20FNO3/c20-15-3-1-13(2-4-15)17-7-8-21-10-14(17)11-22-16-5-6-18-19(9-16)24-12-23-18/h1-6,9,14,17,21H,7-8,10-12H2/t14?,17-/m0/s1/i1D,2D,3D,4D,7D2,10D2,11D2,12D2. The van der Waals surface area contributed by atoms with Gasteiger partial charge in [0.05, 0.1) is 14.8 Å². The Morgan fingerprint density at radius 3 is 3.00 bits per heavy atom. The van der Waals surface area contributed by atoms with Crippen molar-refractivity contribution in [2.24, 2.45) is 5.92 Å². The van der Waals surface area contributed by atoms with Gasteiger partial charge in [0.2, 0.25) is 6.75 Å². The smallest absolute Gasteiger partial charge is 0.231 e. The first-order valence-corrected chi connectivity index (χ1v) is 7.10. The van der Waals surface area contributed by atoms with Gasteiger partial charge < -0.3 is 19.5 Å². The van der Waals surface area contributed by atoms with Gasteiger partial charge in [0.15, 0.2) is 11.5 Å². The van der Waals surface area contributed by atoms with E-state index in [0.29, 0.717) is 0 Å². The maximum Gasteiger partial charge on any atom is 0.231 e. The van der Waals surface area contributed by atoms with E-state index in [-0.39, 0.29) is 17.2 Å². The van der Waals surface area contributed by atoms with Crippen LogP contribution < -0.4 is 19.5 Å². The first-order chi connectivity index (χ1) is 16.4. The van der Waals surface area contributed by atoms with E-state index in [9.17, 15) is 4.39 Å². The van der Waals surface area contributed by atoms with E-state index in [1.54, 1.807) is 0 Å². The van der Waals surface area contributed by atoms with Crippen LogP contribution in [-0.2, 0) is 0 Å². The van der Waals surface area contributed by atoms with Gasteiger partial charge in [0.25, 0.3) is 0 Å². The molecule has 0 amide bonds. The summed E-state index contributed by atoms with van der Waals surface area (Å²) in [7, 11) is 0. The zero-order chi connectivity index (χ0) is 27.0. The van der Waals surface area contributed by atoms with Gasteiger partial charge in [-0.3, -0.25) is 0 Å². The fraction of sp³-hybridized carbons (Fsp3) is 0.368. The minimum atomic E-state index is -3.06. The van der Waals surface area contributed by atoms with Crippen molar-refractivity contribution in [3.05, 3.63) is 53.7 Å². The van der Waals surface area contributed by atoms with Gasteiger partial charge in [-0.2, -0.15) is 0 Å². The van der Waals surface area contributed by atoms with Crippen LogP contribution in [0.4, 0.5) is 4.39 Å². The summed E-state index contributed by atoms with van der Waals surface area (Å²) in [6, 6.07) is -0.556. The first-order valence-electron chi connectivity index (χ1n) is 13.1. The average molecular weight is 341 g/mol. The summed E-state index contributed by atoms with van der Waals surface area (Å²) in [4.78, 5) is 0. The summed E-state index contributed by atoms with van der Waals surface area (Å²) < 4.78 is 127. The fourth-order valence-corrected chi connectivity index (χ4v) is 2.31. The Balaban J connectivity index is 1.83. The van der Waals surface area contributed by atoms with E-state index in [4.69, 9.17) is 30.7 Å². The van der Waals surface area contributed by atoms with Gasteiger partial charge in [-0.1, -0.05) is 12.1 Å². The van der Waals surface area contributed by atoms with Crippen LogP contribution in [0.1, 0.15) is 34.3 Å². The van der Waals surface area contributed by atoms with Crippen LogP contribution in [0.15, 0.2) is 42.4 Å². The molecule has 0 bridgehead atoms. The van der Waals surface area contributed by atoms with Crippen LogP contribution in [0.3, 0.4) is 0 Å². The van der Waals surface area contributed by atoms with E-state index in [0.717, 1.165) is 6.07 Å². The normalized spacial score (nSPS) is 36.5. The van der Waals surface area contributed by atoms with Crippen molar-refractivity contribution < 1.29 is 35.1 Å². The number of piperidine rings is 1. The zero-order valence-electron chi connectivity index (χ0n) is 24.2. The largest absolute Gasteiger partial charge is 0.493 e. The van der Waals surface area contributed by atoms with Gasteiger partial charge in [-0.25, -0.2) is 4.39 Å². The number of hydrogen-bond donors (Lipinski definition) is 1.